The first-order valence-electron chi connectivity index (χ1n) is 7.80. The largest absolute Gasteiger partial charge is 0.427 e. The van der Waals surface area contributed by atoms with Crippen molar-refractivity contribution >= 4 is 22.2 Å². The van der Waals surface area contributed by atoms with Crippen molar-refractivity contribution in [3.63, 3.8) is 0 Å². The predicted molar refractivity (Wildman–Crippen MR) is 92.4 cm³/mol. The van der Waals surface area contributed by atoms with Gasteiger partial charge in [0.25, 0.3) is 5.56 Å². The van der Waals surface area contributed by atoms with Gasteiger partial charge in [-0.1, -0.05) is 13.8 Å². The number of hydrogen-bond donors (Lipinski definition) is 2. The molecule has 0 fully saturated rings. The third-order valence-electron chi connectivity index (χ3n) is 3.59. The SMILES string of the molecule is CC.Cc1c(-c2ncc(C(F)(F)F)s2)c(C(F)(F)F)cc2c(=O)[nH]c(=O)[nH]c12. The van der Waals surface area contributed by atoms with Gasteiger partial charge in [-0.05, 0) is 18.6 Å². The van der Waals surface area contributed by atoms with Crippen LogP contribution in [0.5, 0.6) is 0 Å². The molecule has 0 aliphatic carbocycles. The number of aromatic amines is 2. The second-order valence-corrected chi connectivity index (χ2v) is 6.31. The molecule has 12 heteroatoms. The van der Waals surface area contributed by atoms with Crippen LogP contribution in [0, 0.1) is 6.92 Å². The molecule has 0 radical (unpaired) electrons. The Morgan fingerprint density at radius 3 is 2.11 bits per heavy atom. The fraction of sp³-hybridized carbons (Fsp3) is 0.312. The second kappa shape index (κ2) is 7.41. The van der Waals surface area contributed by atoms with Gasteiger partial charge in [0.1, 0.15) is 9.88 Å². The molecule has 0 bridgehead atoms. The van der Waals surface area contributed by atoms with Crippen LogP contribution in [0.15, 0.2) is 21.9 Å². The molecule has 0 unspecified atom stereocenters. The van der Waals surface area contributed by atoms with Crippen molar-refractivity contribution in [3.05, 3.63) is 49.1 Å². The van der Waals surface area contributed by atoms with Gasteiger partial charge in [-0.25, -0.2) is 9.78 Å². The van der Waals surface area contributed by atoms with Crippen LogP contribution < -0.4 is 11.2 Å². The topological polar surface area (TPSA) is 78.6 Å². The van der Waals surface area contributed by atoms with Gasteiger partial charge in [-0.3, -0.25) is 9.78 Å². The zero-order valence-corrected chi connectivity index (χ0v) is 15.4. The number of alkyl halides is 6. The minimum absolute atomic E-state index is 0.0403. The van der Waals surface area contributed by atoms with Crippen molar-refractivity contribution in [2.24, 2.45) is 0 Å². The summed E-state index contributed by atoms with van der Waals surface area (Å²) in [5.74, 6) is 0. The molecule has 2 heterocycles. The van der Waals surface area contributed by atoms with Gasteiger partial charge in [0, 0.05) is 5.56 Å². The van der Waals surface area contributed by atoms with E-state index in [9.17, 15) is 35.9 Å². The van der Waals surface area contributed by atoms with Crippen LogP contribution in [0.1, 0.15) is 29.9 Å². The van der Waals surface area contributed by atoms with Crippen LogP contribution in [-0.4, -0.2) is 15.0 Å². The molecule has 3 rings (SSSR count). The van der Waals surface area contributed by atoms with Crippen LogP contribution >= 0.6 is 11.3 Å². The van der Waals surface area contributed by atoms with Crippen LogP contribution in [-0.2, 0) is 12.4 Å². The van der Waals surface area contributed by atoms with Gasteiger partial charge in [-0.15, -0.1) is 11.3 Å². The highest BCUT2D eigenvalue weighted by molar-refractivity contribution is 7.15. The highest BCUT2D eigenvalue weighted by Crippen LogP contribution is 2.44. The molecule has 28 heavy (non-hydrogen) atoms. The number of nitrogens with zero attached hydrogens (tertiary/aromatic N) is 1. The Kier molecular flexibility index (Phi) is 5.74. The van der Waals surface area contributed by atoms with E-state index in [2.05, 4.69) is 9.97 Å². The van der Waals surface area contributed by atoms with Crippen LogP contribution in [0.4, 0.5) is 26.3 Å². The van der Waals surface area contributed by atoms with E-state index in [1.807, 2.05) is 13.8 Å². The van der Waals surface area contributed by atoms with Gasteiger partial charge >= 0.3 is 18.0 Å². The van der Waals surface area contributed by atoms with E-state index in [1.54, 1.807) is 4.98 Å². The number of aromatic nitrogens is 3. The maximum atomic E-state index is 13.5. The number of H-pyrrole nitrogens is 2. The van der Waals surface area contributed by atoms with E-state index < -0.39 is 50.0 Å². The van der Waals surface area contributed by atoms with E-state index in [-0.39, 0.29) is 22.4 Å². The Morgan fingerprint density at radius 1 is 1.00 bits per heavy atom. The summed E-state index contributed by atoms with van der Waals surface area (Å²) in [6.45, 7) is 5.16. The van der Waals surface area contributed by atoms with Crippen molar-refractivity contribution in [1.29, 1.82) is 0 Å². The maximum absolute atomic E-state index is 13.5. The van der Waals surface area contributed by atoms with Crippen molar-refractivity contribution in [3.8, 4) is 10.6 Å². The summed E-state index contributed by atoms with van der Waals surface area (Å²) in [7, 11) is 0. The summed E-state index contributed by atoms with van der Waals surface area (Å²) in [5.41, 5.74) is -4.34. The summed E-state index contributed by atoms with van der Waals surface area (Å²) >= 11 is 0.0403. The monoisotopic (exact) mass is 425 g/mol. The molecule has 5 nitrogen and oxygen atoms in total. The van der Waals surface area contributed by atoms with E-state index in [1.165, 1.54) is 0 Å². The summed E-state index contributed by atoms with van der Waals surface area (Å²) in [5, 5.41) is -0.962. The van der Waals surface area contributed by atoms with Crippen LogP contribution in [0.25, 0.3) is 21.5 Å². The summed E-state index contributed by atoms with van der Waals surface area (Å²) < 4.78 is 78.7. The fourth-order valence-electron chi connectivity index (χ4n) is 2.49. The third kappa shape index (κ3) is 3.96. The minimum atomic E-state index is -4.96. The fourth-order valence-corrected chi connectivity index (χ4v) is 3.39. The van der Waals surface area contributed by atoms with Gasteiger partial charge in [-0.2, -0.15) is 26.3 Å². The maximum Gasteiger partial charge on any atom is 0.427 e. The van der Waals surface area contributed by atoms with Crippen LogP contribution in [0.2, 0.25) is 0 Å². The lowest BCUT2D eigenvalue weighted by Crippen LogP contribution is -2.23. The Bertz CT molecular complexity index is 1120. The lowest BCUT2D eigenvalue weighted by molar-refractivity contribution is -0.137. The number of nitrogens with one attached hydrogen (secondary N) is 2. The second-order valence-electron chi connectivity index (χ2n) is 5.28. The van der Waals surface area contributed by atoms with Gasteiger partial charge in [0.15, 0.2) is 0 Å². The number of hydrogen-bond acceptors (Lipinski definition) is 4. The molecule has 2 aromatic heterocycles. The summed E-state index contributed by atoms with van der Waals surface area (Å²) in [6.07, 6.45) is -9.28. The molecule has 0 amide bonds. The van der Waals surface area contributed by atoms with Gasteiger partial charge in [0.05, 0.1) is 22.7 Å². The molecule has 0 saturated heterocycles. The Hall–Kier alpha value is -2.63. The summed E-state index contributed by atoms with van der Waals surface area (Å²) in [6, 6.07) is 0.487. The lowest BCUT2D eigenvalue weighted by Gasteiger charge is -2.15. The number of fused-ring (bicyclic) bond motifs is 1. The lowest BCUT2D eigenvalue weighted by atomic mass is 9.98. The normalized spacial score (nSPS) is 12.0. The van der Waals surface area contributed by atoms with Crippen molar-refractivity contribution in [1.82, 2.24) is 15.0 Å². The molecule has 1 aromatic carbocycles. The first kappa shape index (κ1) is 21.7. The quantitative estimate of drug-likeness (QED) is 0.554. The molecule has 152 valence electrons. The Morgan fingerprint density at radius 2 is 1.61 bits per heavy atom. The minimum Gasteiger partial charge on any atom is -0.307 e. The number of thiazole rings is 1. The smallest absolute Gasteiger partial charge is 0.307 e. The number of benzene rings is 1. The Balaban J connectivity index is 0.00000136. The summed E-state index contributed by atoms with van der Waals surface area (Å²) in [4.78, 5) is 29.5. The zero-order chi connectivity index (χ0) is 21.4. The molecule has 0 aliphatic rings. The zero-order valence-electron chi connectivity index (χ0n) is 14.6. The van der Waals surface area contributed by atoms with Gasteiger partial charge < -0.3 is 4.98 Å². The standard InChI is InChI=1S/C14H7F6N3O2S.C2H6/c1-4-8(11-21-3-7(26-11)14(18,19)20)6(13(15,16)17)2-5-9(4)22-12(25)23-10(5)24;1-2/h2-3H,1H3,(H2,22,23,24,25);1-2H3. The highest BCUT2D eigenvalue weighted by atomic mass is 32.1. The van der Waals surface area contributed by atoms with Crippen molar-refractivity contribution < 1.29 is 26.3 Å². The average Bonchev–Trinajstić information content (AvgIpc) is 3.06. The molecular formula is C16H13F6N3O2S. The number of halogens is 6. The first-order valence-corrected chi connectivity index (χ1v) is 8.61. The van der Waals surface area contributed by atoms with Crippen LogP contribution in [0.3, 0.4) is 0 Å². The molecule has 0 aliphatic heterocycles. The predicted octanol–water partition coefficient (Wildman–Crippen LogP) is 4.71. The number of rotatable bonds is 1. The molecule has 2 N–H and O–H groups in total. The van der Waals surface area contributed by atoms with E-state index in [0.29, 0.717) is 12.3 Å². The van der Waals surface area contributed by atoms with E-state index >= 15 is 0 Å². The van der Waals surface area contributed by atoms with E-state index in [0.717, 1.165) is 6.92 Å². The first-order chi connectivity index (χ1) is 12.9. The molecule has 3 aromatic rings. The van der Waals surface area contributed by atoms with E-state index in [4.69, 9.17) is 0 Å². The molecular weight excluding hydrogens is 412 g/mol. The highest BCUT2D eigenvalue weighted by Gasteiger charge is 2.38. The Labute approximate surface area is 157 Å². The van der Waals surface area contributed by atoms with Crippen molar-refractivity contribution in [2.45, 2.75) is 33.1 Å². The number of aryl methyl sites for hydroxylation is 1. The molecule has 0 spiro atoms. The van der Waals surface area contributed by atoms with Gasteiger partial charge in [0.2, 0.25) is 0 Å². The van der Waals surface area contributed by atoms with Crippen molar-refractivity contribution in [2.75, 3.05) is 0 Å². The molecule has 0 saturated carbocycles. The molecule has 0 atom stereocenters. The third-order valence-corrected chi connectivity index (χ3v) is 4.65. The average molecular weight is 425 g/mol.